The lowest BCUT2D eigenvalue weighted by molar-refractivity contribution is -0.253. The van der Waals surface area contributed by atoms with Crippen molar-refractivity contribution in [2.24, 2.45) is 0 Å². The Labute approximate surface area is 255 Å². The van der Waals surface area contributed by atoms with E-state index in [-0.39, 0.29) is 24.7 Å². The van der Waals surface area contributed by atoms with Gasteiger partial charge in [0.2, 0.25) is 5.91 Å². The Bertz CT molecular complexity index is 1340. The summed E-state index contributed by atoms with van der Waals surface area (Å²) >= 11 is 0. The Balaban J connectivity index is 1.18. The highest BCUT2D eigenvalue weighted by molar-refractivity contribution is 5.73. The maximum Gasteiger partial charge on any atom is 0.217 e. The molecule has 228 valence electrons. The number of carbonyl (C=O) groups excluding carboxylic acids is 1. The third kappa shape index (κ3) is 7.72. The number of rotatable bonds is 10. The van der Waals surface area contributed by atoms with Gasteiger partial charge in [-0.2, -0.15) is 0 Å². The number of amides is 1. The fourth-order valence-corrected chi connectivity index (χ4v) is 6.82. The number of hydrogen-bond acceptors (Lipinski definition) is 6. The van der Waals surface area contributed by atoms with E-state index in [1.54, 1.807) is 0 Å². The van der Waals surface area contributed by atoms with E-state index in [1.807, 2.05) is 24.3 Å². The van der Waals surface area contributed by atoms with E-state index >= 15 is 0 Å². The average molecular weight is 584 g/mol. The second kappa shape index (κ2) is 14.1. The minimum Gasteiger partial charge on any atom is -0.392 e. The zero-order chi connectivity index (χ0) is 29.6. The molecular weight excluding hydrogens is 538 g/mol. The van der Waals surface area contributed by atoms with E-state index in [1.165, 1.54) is 52.2 Å². The minimum absolute atomic E-state index is 0.0324. The van der Waals surface area contributed by atoms with E-state index in [9.17, 15) is 9.90 Å². The highest BCUT2D eigenvalue weighted by Crippen LogP contribution is 2.39. The number of aliphatic hydroxyl groups is 1. The summed E-state index contributed by atoms with van der Waals surface area (Å²) in [6, 6.07) is 25.5. The standard InChI is InChI=1S/C36H45N3O4/c1-26(41)37-22-28-6-4-7-32(20-28)29-13-15-31(16-14-29)36-42-34(21-35(43-36)30-11-9-27(25-40)10-12-30)24-39-19-5-8-33(39)23-38-17-2-3-18-38/h4,6-7,9-16,20,33-36,40H,2-3,5,8,17-19,21-25H2,1H3,(H,37,41)/t33-,34-,35+,36+/m0/s1. The van der Waals surface area contributed by atoms with Crippen molar-refractivity contribution >= 4 is 5.91 Å². The second-order valence-corrected chi connectivity index (χ2v) is 12.4. The highest BCUT2D eigenvalue weighted by Gasteiger charge is 2.36. The molecule has 0 saturated carbocycles. The molecule has 7 nitrogen and oxygen atoms in total. The minimum atomic E-state index is -0.457. The van der Waals surface area contributed by atoms with Crippen molar-refractivity contribution in [1.29, 1.82) is 0 Å². The summed E-state index contributed by atoms with van der Waals surface area (Å²) in [7, 11) is 0. The number of nitrogens with one attached hydrogen (secondary N) is 1. The quantitative estimate of drug-likeness (QED) is 0.324. The first-order chi connectivity index (χ1) is 21.0. The molecule has 4 atom stereocenters. The largest absolute Gasteiger partial charge is 0.392 e. The number of ether oxygens (including phenoxy) is 2. The Morgan fingerprint density at radius 2 is 1.63 bits per heavy atom. The van der Waals surface area contributed by atoms with Crippen LogP contribution in [0.25, 0.3) is 11.1 Å². The molecule has 6 rings (SSSR count). The van der Waals surface area contributed by atoms with E-state index in [2.05, 4.69) is 63.6 Å². The SMILES string of the molecule is CC(=O)NCc1cccc(-c2ccc([C@@H]3O[C@H](CN4CCC[C@H]4CN4CCCC4)C[C@H](c4ccc(CO)cc4)O3)cc2)c1. The van der Waals surface area contributed by atoms with E-state index in [0.29, 0.717) is 12.6 Å². The number of carbonyl (C=O) groups is 1. The lowest BCUT2D eigenvalue weighted by Gasteiger charge is -2.39. The van der Waals surface area contributed by atoms with Crippen LogP contribution in [0.1, 0.15) is 73.7 Å². The number of likely N-dealkylation sites (tertiary alicyclic amines) is 2. The molecule has 3 heterocycles. The van der Waals surface area contributed by atoms with Crippen molar-refractivity contribution in [2.75, 3.05) is 32.7 Å². The van der Waals surface area contributed by atoms with Crippen LogP contribution in [0, 0.1) is 0 Å². The summed E-state index contributed by atoms with van der Waals surface area (Å²) in [5.41, 5.74) is 6.32. The first-order valence-corrected chi connectivity index (χ1v) is 15.9. The van der Waals surface area contributed by atoms with Crippen LogP contribution in [0.5, 0.6) is 0 Å². The van der Waals surface area contributed by atoms with Crippen LogP contribution in [-0.4, -0.2) is 65.7 Å². The molecular formula is C36H45N3O4. The van der Waals surface area contributed by atoms with Gasteiger partial charge in [-0.1, -0.05) is 66.7 Å². The molecule has 2 N–H and O–H groups in total. The topological polar surface area (TPSA) is 74.3 Å². The molecule has 3 aromatic carbocycles. The third-order valence-corrected chi connectivity index (χ3v) is 9.20. The Hall–Kier alpha value is -3.07. The van der Waals surface area contributed by atoms with Crippen LogP contribution < -0.4 is 5.32 Å². The van der Waals surface area contributed by atoms with E-state index in [0.717, 1.165) is 52.9 Å². The van der Waals surface area contributed by atoms with Crippen LogP contribution in [0.3, 0.4) is 0 Å². The Morgan fingerprint density at radius 1 is 0.860 bits per heavy atom. The number of nitrogens with zero attached hydrogens (tertiary/aromatic N) is 2. The Kier molecular flexibility index (Phi) is 9.86. The van der Waals surface area contributed by atoms with Gasteiger partial charge in [0.05, 0.1) is 18.8 Å². The first-order valence-electron chi connectivity index (χ1n) is 15.9. The summed E-state index contributed by atoms with van der Waals surface area (Å²) in [6.07, 6.45) is 5.51. The third-order valence-electron chi connectivity index (χ3n) is 9.20. The van der Waals surface area contributed by atoms with Gasteiger partial charge in [-0.15, -0.1) is 0 Å². The van der Waals surface area contributed by atoms with Gasteiger partial charge >= 0.3 is 0 Å². The van der Waals surface area contributed by atoms with Crippen molar-refractivity contribution in [2.45, 2.75) is 76.7 Å². The fraction of sp³-hybridized carbons (Fsp3) is 0.472. The molecule has 3 aliphatic heterocycles. The van der Waals surface area contributed by atoms with Gasteiger partial charge < -0.3 is 24.8 Å². The molecule has 0 unspecified atom stereocenters. The van der Waals surface area contributed by atoms with Crippen molar-refractivity contribution in [3.05, 3.63) is 95.1 Å². The van der Waals surface area contributed by atoms with Crippen molar-refractivity contribution < 1.29 is 19.4 Å². The summed E-state index contributed by atoms with van der Waals surface area (Å²) < 4.78 is 13.3. The van der Waals surface area contributed by atoms with Crippen molar-refractivity contribution in [3.63, 3.8) is 0 Å². The van der Waals surface area contributed by atoms with Gasteiger partial charge in [0, 0.05) is 44.6 Å². The van der Waals surface area contributed by atoms with Gasteiger partial charge in [0.25, 0.3) is 0 Å². The molecule has 0 aromatic heterocycles. The molecule has 0 radical (unpaired) electrons. The molecule has 3 aliphatic rings. The molecule has 43 heavy (non-hydrogen) atoms. The zero-order valence-corrected chi connectivity index (χ0v) is 25.3. The van der Waals surface area contributed by atoms with Crippen molar-refractivity contribution in [3.8, 4) is 11.1 Å². The van der Waals surface area contributed by atoms with Crippen LogP contribution in [0.15, 0.2) is 72.8 Å². The smallest absolute Gasteiger partial charge is 0.217 e. The predicted octanol–water partition coefficient (Wildman–Crippen LogP) is 5.59. The number of benzene rings is 3. The van der Waals surface area contributed by atoms with Crippen LogP contribution in [-0.2, 0) is 27.4 Å². The van der Waals surface area contributed by atoms with Crippen LogP contribution >= 0.6 is 0 Å². The summed E-state index contributed by atoms with van der Waals surface area (Å²) in [5.74, 6) is -0.0324. The van der Waals surface area contributed by atoms with Crippen molar-refractivity contribution in [1.82, 2.24) is 15.1 Å². The number of hydrogen-bond donors (Lipinski definition) is 2. The van der Waals surface area contributed by atoms with E-state index < -0.39 is 6.29 Å². The lowest BCUT2D eigenvalue weighted by Crippen LogP contribution is -2.45. The first kappa shape index (κ1) is 30.0. The summed E-state index contributed by atoms with van der Waals surface area (Å²) in [4.78, 5) is 16.7. The normalized spacial score (nSPS) is 24.8. The second-order valence-electron chi connectivity index (χ2n) is 12.4. The molecule has 7 heteroatoms. The summed E-state index contributed by atoms with van der Waals surface area (Å²) in [5, 5.41) is 12.4. The fourth-order valence-electron chi connectivity index (χ4n) is 6.82. The molecule has 0 aliphatic carbocycles. The molecule has 3 aromatic rings. The molecule has 0 bridgehead atoms. The lowest BCUT2D eigenvalue weighted by atomic mass is 9.98. The van der Waals surface area contributed by atoms with Gasteiger partial charge in [0.15, 0.2) is 6.29 Å². The maximum atomic E-state index is 11.4. The molecule has 3 fully saturated rings. The number of aliphatic hydroxyl groups excluding tert-OH is 1. The zero-order valence-electron chi connectivity index (χ0n) is 25.3. The van der Waals surface area contributed by atoms with Gasteiger partial charge in [0.1, 0.15) is 0 Å². The van der Waals surface area contributed by atoms with Crippen LogP contribution in [0.2, 0.25) is 0 Å². The van der Waals surface area contributed by atoms with Gasteiger partial charge in [-0.25, -0.2) is 0 Å². The summed E-state index contributed by atoms with van der Waals surface area (Å²) in [6.45, 7) is 7.79. The maximum absolute atomic E-state index is 11.4. The molecule has 3 saturated heterocycles. The highest BCUT2D eigenvalue weighted by atomic mass is 16.7. The average Bonchev–Trinajstić information content (AvgIpc) is 3.72. The molecule has 1 amide bonds. The predicted molar refractivity (Wildman–Crippen MR) is 168 cm³/mol. The monoisotopic (exact) mass is 583 g/mol. The van der Waals surface area contributed by atoms with E-state index in [4.69, 9.17) is 9.47 Å². The van der Waals surface area contributed by atoms with Crippen LogP contribution in [0.4, 0.5) is 0 Å². The molecule has 0 spiro atoms. The Morgan fingerprint density at radius 3 is 2.37 bits per heavy atom. The van der Waals surface area contributed by atoms with Gasteiger partial charge in [-0.3, -0.25) is 9.69 Å². The van der Waals surface area contributed by atoms with Gasteiger partial charge in [-0.05, 0) is 79.2 Å².